The van der Waals surface area contributed by atoms with Gasteiger partial charge in [-0.05, 0) is 37.6 Å². The van der Waals surface area contributed by atoms with E-state index in [-0.39, 0.29) is 11.9 Å². The zero-order valence-electron chi connectivity index (χ0n) is 15.7. The molecule has 7 nitrogen and oxygen atoms in total. The van der Waals surface area contributed by atoms with E-state index >= 15 is 0 Å². The maximum atomic E-state index is 12.7. The minimum Gasteiger partial charge on any atom is -0.497 e. The van der Waals surface area contributed by atoms with Crippen molar-refractivity contribution in [3.8, 4) is 17.1 Å². The van der Waals surface area contributed by atoms with Gasteiger partial charge >= 0.3 is 0 Å². The lowest BCUT2D eigenvalue weighted by Crippen LogP contribution is -2.39. The highest BCUT2D eigenvalue weighted by Crippen LogP contribution is 2.21. The molecule has 142 valence electrons. The van der Waals surface area contributed by atoms with E-state index in [9.17, 15) is 4.79 Å². The Kier molecular flexibility index (Phi) is 5.90. The van der Waals surface area contributed by atoms with Crippen LogP contribution in [0.25, 0.3) is 11.4 Å². The summed E-state index contributed by atoms with van der Waals surface area (Å²) in [4.78, 5) is 18.9. The summed E-state index contributed by atoms with van der Waals surface area (Å²) in [6.45, 7) is 4.52. The van der Waals surface area contributed by atoms with E-state index in [1.165, 1.54) is 6.26 Å². The molecule has 7 heteroatoms. The van der Waals surface area contributed by atoms with E-state index < -0.39 is 0 Å². The Morgan fingerprint density at radius 1 is 1.30 bits per heavy atom. The van der Waals surface area contributed by atoms with Crippen LogP contribution in [-0.2, 0) is 6.42 Å². The van der Waals surface area contributed by atoms with Crippen LogP contribution < -0.4 is 4.74 Å². The third-order valence-corrected chi connectivity index (χ3v) is 4.48. The average molecular weight is 369 g/mol. The molecule has 0 aliphatic heterocycles. The molecule has 1 aromatic carbocycles. The average Bonchev–Trinajstić information content (AvgIpc) is 3.40. The molecule has 0 spiro atoms. The first-order valence-corrected chi connectivity index (χ1v) is 8.93. The fourth-order valence-electron chi connectivity index (χ4n) is 2.74. The maximum Gasteiger partial charge on any atom is 0.289 e. The van der Waals surface area contributed by atoms with Crippen LogP contribution in [-0.4, -0.2) is 40.6 Å². The molecule has 0 radical (unpaired) electrons. The third kappa shape index (κ3) is 4.36. The molecule has 0 bridgehead atoms. The lowest BCUT2D eigenvalue weighted by molar-refractivity contribution is 0.0654. The largest absolute Gasteiger partial charge is 0.497 e. The minimum atomic E-state index is -0.137. The lowest BCUT2D eigenvalue weighted by Gasteiger charge is -2.27. The first-order chi connectivity index (χ1) is 13.1. The van der Waals surface area contributed by atoms with Crippen molar-refractivity contribution in [2.45, 2.75) is 32.7 Å². The van der Waals surface area contributed by atoms with Gasteiger partial charge < -0.3 is 18.6 Å². The summed E-state index contributed by atoms with van der Waals surface area (Å²) in [5.74, 6) is 1.90. The number of hydrogen-bond donors (Lipinski definition) is 0. The fourth-order valence-corrected chi connectivity index (χ4v) is 2.74. The SMILES string of the molecule is CCC(C)N(CCc1nc(-c2cccc(OC)c2)no1)C(=O)c1ccco1. The van der Waals surface area contributed by atoms with E-state index in [2.05, 4.69) is 10.1 Å². The molecule has 1 atom stereocenters. The van der Waals surface area contributed by atoms with Crippen LogP contribution in [0.4, 0.5) is 0 Å². The first-order valence-electron chi connectivity index (χ1n) is 8.93. The Labute approximate surface area is 157 Å². The molecule has 0 saturated carbocycles. The molecular weight excluding hydrogens is 346 g/mol. The maximum absolute atomic E-state index is 12.7. The molecule has 0 N–H and O–H groups in total. The number of carbonyl (C=O) groups is 1. The quantitative estimate of drug-likeness (QED) is 0.600. The Morgan fingerprint density at radius 3 is 2.85 bits per heavy atom. The molecule has 2 aromatic heterocycles. The van der Waals surface area contributed by atoms with Crippen LogP contribution in [0, 0.1) is 0 Å². The van der Waals surface area contributed by atoms with Crippen LogP contribution in [0.3, 0.4) is 0 Å². The normalized spacial score (nSPS) is 12.0. The number of rotatable bonds is 8. The number of aromatic nitrogens is 2. The summed E-state index contributed by atoms with van der Waals surface area (Å²) in [5, 5.41) is 4.04. The van der Waals surface area contributed by atoms with Crippen molar-refractivity contribution in [3.05, 3.63) is 54.3 Å². The van der Waals surface area contributed by atoms with Crippen molar-refractivity contribution in [2.24, 2.45) is 0 Å². The van der Waals surface area contributed by atoms with E-state index in [1.807, 2.05) is 38.1 Å². The number of nitrogens with zero attached hydrogens (tertiary/aromatic N) is 3. The lowest BCUT2D eigenvalue weighted by atomic mass is 10.2. The van der Waals surface area contributed by atoms with E-state index in [0.29, 0.717) is 30.4 Å². The molecule has 1 amide bonds. The number of carbonyl (C=O) groups excluding carboxylic acids is 1. The molecule has 0 aliphatic carbocycles. The number of benzene rings is 1. The standard InChI is InChI=1S/C20H23N3O4/c1-4-14(2)23(20(24)17-9-6-12-26-17)11-10-18-21-19(22-27-18)15-7-5-8-16(13-15)25-3/h5-9,12-14H,4,10-11H2,1-3H3. The molecular formula is C20H23N3O4. The third-order valence-electron chi connectivity index (χ3n) is 4.48. The summed E-state index contributed by atoms with van der Waals surface area (Å²) in [6, 6.07) is 10.9. The van der Waals surface area contributed by atoms with Crippen LogP contribution in [0.2, 0.25) is 0 Å². The molecule has 2 heterocycles. The number of amides is 1. The number of furan rings is 1. The van der Waals surface area contributed by atoms with Gasteiger partial charge in [-0.1, -0.05) is 24.2 Å². The van der Waals surface area contributed by atoms with Crippen molar-refractivity contribution in [1.82, 2.24) is 15.0 Å². The zero-order valence-corrected chi connectivity index (χ0v) is 15.7. The van der Waals surface area contributed by atoms with Crippen LogP contribution in [0.1, 0.15) is 36.7 Å². The second-order valence-corrected chi connectivity index (χ2v) is 6.23. The smallest absolute Gasteiger partial charge is 0.289 e. The number of ether oxygens (including phenoxy) is 1. The molecule has 3 rings (SSSR count). The van der Waals surface area contributed by atoms with Gasteiger partial charge in [0.1, 0.15) is 5.75 Å². The Bertz CT molecular complexity index is 873. The summed E-state index contributed by atoms with van der Waals surface area (Å²) >= 11 is 0. The Hall–Kier alpha value is -3.09. The topological polar surface area (TPSA) is 81.6 Å². The summed E-state index contributed by atoms with van der Waals surface area (Å²) < 4.78 is 15.8. The first kappa shape index (κ1) is 18.7. The highest BCUT2D eigenvalue weighted by molar-refractivity contribution is 5.91. The predicted molar refractivity (Wildman–Crippen MR) is 99.5 cm³/mol. The van der Waals surface area contributed by atoms with Gasteiger partial charge in [0.15, 0.2) is 5.76 Å². The van der Waals surface area contributed by atoms with Crippen LogP contribution in [0.5, 0.6) is 5.75 Å². The van der Waals surface area contributed by atoms with Gasteiger partial charge in [-0.15, -0.1) is 0 Å². The minimum absolute atomic E-state index is 0.0726. The Balaban J connectivity index is 1.70. The highest BCUT2D eigenvalue weighted by Gasteiger charge is 2.23. The molecule has 27 heavy (non-hydrogen) atoms. The van der Waals surface area contributed by atoms with E-state index in [4.69, 9.17) is 13.7 Å². The van der Waals surface area contributed by atoms with Crippen LogP contribution in [0.15, 0.2) is 51.6 Å². The van der Waals surface area contributed by atoms with Crippen molar-refractivity contribution < 1.29 is 18.5 Å². The summed E-state index contributed by atoms with van der Waals surface area (Å²) in [7, 11) is 1.61. The zero-order chi connectivity index (χ0) is 19.2. The van der Waals surface area contributed by atoms with Gasteiger partial charge in [0.05, 0.1) is 13.4 Å². The second kappa shape index (κ2) is 8.53. The Morgan fingerprint density at radius 2 is 2.15 bits per heavy atom. The van der Waals surface area contributed by atoms with Gasteiger partial charge in [-0.25, -0.2) is 0 Å². The van der Waals surface area contributed by atoms with Gasteiger partial charge in [0, 0.05) is 24.6 Å². The van der Waals surface area contributed by atoms with Crippen molar-refractivity contribution in [2.75, 3.05) is 13.7 Å². The van der Waals surface area contributed by atoms with E-state index in [1.54, 1.807) is 24.1 Å². The number of methoxy groups -OCH3 is 1. The van der Waals surface area contributed by atoms with Crippen LogP contribution >= 0.6 is 0 Å². The molecule has 0 aliphatic rings. The van der Waals surface area contributed by atoms with Gasteiger partial charge in [-0.3, -0.25) is 4.79 Å². The highest BCUT2D eigenvalue weighted by atomic mass is 16.5. The number of hydrogen-bond acceptors (Lipinski definition) is 6. The van der Waals surface area contributed by atoms with Gasteiger partial charge in [0.2, 0.25) is 11.7 Å². The summed E-state index contributed by atoms with van der Waals surface area (Å²) in [6.07, 6.45) is 2.81. The molecule has 0 fully saturated rings. The van der Waals surface area contributed by atoms with Crippen molar-refractivity contribution >= 4 is 5.91 Å². The molecule has 0 saturated heterocycles. The van der Waals surface area contributed by atoms with E-state index in [0.717, 1.165) is 17.7 Å². The molecule has 1 unspecified atom stereocenters. The summed E-state index contributed by atoms with van der Waals surface area (Å²) in [5.41, 5.74) is 0.815. The van der Waals surface area contributed by atoms with Gasteiger partial charge in [-0.2, -0.15) is 4.98 Å². The second-order valence-electron chi connectivity index (χ2n) is 6.23. The van der Waals surface area contributed by atoms with Crippen molar-refractivity contribution in [1.29, 1.82) is 0 Å². The monoisotopic (exact) mass is 369 g/mol. The fraction of sp³-hybridized carbons (Fsp3) is 0.350. The van der Waals surface area contributed by atoms with Gasteiger partial charge in [0.25, 0.3) is 5.91 Å². The molecule has 3 aromatic rings. The van der Waals surface area contributed by atoms with Crippen molar-refractivity contribution in [3.63, 3.8) is 0 Å². The predicted octanol–water partition coefficient (Wildman–Crippen LogP) is 3.82.